The monoisotopic (exact) mass is 501 g/mol. The second kappa shape index (κ2) is 9.21. The van der Waals surface area contributed by atoms with Crippen LogP contribution in [0.4, 0.5) is 24.7 Å². The quantitative estimate of drug-likeness (QED) is 0.575. The van der Waals surface area contributed by atoms with Gasteiger partial charge < -0.3 is 10.2 Å². The van der Waals surface area contributed by atoms with Crippen LogP contribution in [0.15, 0.2) is 41.3 Å². The third-order valence-electron chi connectivity index (χ3n) is 6.68. The van der Waals surface area contributed by atoms with Gasteiger partial charge >= 0.3 is 6.18 Å². The number of halogens is 3. The lowest BCUT2D eigenvalue weighted by atomic mass is 10.0. The molecular weight excluding hydrogens is 475 g/mol. The average molecular weight is 502 g/mol. The van der Waals surface area contributed by atoms with E-state index in [2.05, 4.69) is 10.4 Å². The highest BCUT2D eigenvalue weighted by Crippen LogP contribution is 2.37. The summed E-state index contributed by atoms with van der Waals surface area (Å²) in [6, 6.07) is 8.45. The molecule has 0 saturated carbocycles. The zero-order chi connectivity index (χ0) is 25.6. The lowest BCUT2D eigenvalue weighted by Crippen LogP contribution is -2.40. The van der Waals surface area contributed by atoms with Crippen molar-refractivity contribution >= 4 is 28.3 Å². The minimum atomic E-state index is -4.59. The fourth-order valence-electron chi connectivity index (χ4n) is 4.82. The number of carbonyl (C=O) groups excluding carboxylic acids is 1. The number of nitrogens with one attached hydrogen (secondary N) is 1. The zero-order valence-electron chi connectivity index (χ0n) is 19.9. The van der Waals surface area contributed by atoms with Crippen LogP contribution in [0.3, 0.4) is 0 Å². The summed E-state index contributed by atoms with van der Waals surface area (Å²) in [7, 11) is 1.58. The highest BCUT2D eigenvalue weighted by atomic mass is 19.4. The number of ether oxygens (including phenoxy) is 1. The molecule has 0 radical (unpaired) electrons. The average Bonchev–Trinajstić information content (AvgIpc) is 3.31. The third kappa shape index (κ3) is 4.44. The molecule has 2 aliphatic heterocycles. The number of hydrazine groups is 1. The Balaban J connectivity index is 1.67. The summed E-state index contributed by atoms with van der Waals surface area (Å²) in [6.45, 7) is 0.747. The molecular formula is C25H26F3N5O3. The lowest BCUT2D eigenvalue weighted by Gasteiger charge is -2.30. The first-order valence-electron chi connectivity index (χ1n) is 11.7. The summed E-state index contributed by atoms with van der Waals surface area (Å²) >= 11 is 0. The van der Waals surface area contributed by atoms with Crippen LogP contribution in [0, 0.1) is 0 Å². The van der Waals surface area contributed by atoms with Crippen molar-refractivity contribution in [3.63, 3.8) is 0 Å². The van der Waals surface area contributed by atoms with Crippen molar-refractivity contribution in [2.75, 3.05) is 24.0 Å². The maximum atomic E-state index is 13.6. The van der Waals surface area contributed by atoms with E-state index in [0.717, 1.165) is 23.8 Å². The largest absolute Gasteiger partial charge is 0.406 e. The van der Waals surface area contributed by atoms with Crippen LogP contribution in [0.25, 0.3) is 22.0 Å². The van der Waals surface area contributed by atoms with E-state index in [1.165, 1.54) is 18.0 Å². The number of anilines is 2. The highest BCUT2D eigenvalue weighted by Gasteiger charge is 2.35. The minimum absolute atomic E-state index is 0.146. The van der Waals surface area contributed by atoms with Crippen LogP contribution < -0.4 is 15.9 Å². The molecule has 1 saturated heterocycles. The van der Waals surface area contributed by atoms with Crippen LogP contribution >= 0.6 is 0 Å². The summed E-state index contributed by atoms with van der Waals surface area (Å²) < 4.78 is 47.4. The first-order valence-corrected chi connectivity index (χ1v) is 11.7. The van der Waals surface area contributed by atoms with Gasteiger partial charge in [0, 0.05) is 37.7 Å². The number of hydrogen-bond donors (Lipinski definition) is 1. The fraction of sp³-hybridized carbons (Fsp3) is 0.400. The van der Waals surface area contributed by atoms with E-state index in [1.807, 2.05) is 0 Å². The number of nitrogens with zero attached hydrogens (tertiary/aromatic N) is 4. The third-order valence-corrected chi connectivity index (χ3v) is 6.68. The summed E-state index contributed by atoms with van der Waals surface area (Å²) in [5, 5.41) is 2.29. The zero-order valence-corrected chi connectivity index (χ0v) is 19.9. The van der Waals surface area contributed by atoms with Crippen LogP contribution in [0.1, 0.15) is 31.7 Å². The molecule has 0 bridgehead atoms. The van der Waals surface area contributed by atoms with Crippen molar-refractivity contribution in [3.8, 4) is 11.1 Å². The number of pyridine rings is 2. The van der Waals surface area contributed by atoms with Crippen LogP contribution in [-0.2, 0) is 22.6 Å². The van der Waals surface area contributed by atoms with Gasteiger partial charge in [0.05, 0.1) is 23.3 Å². The summed E-state index contributed by atoms with van der Waals surface area (Å²) in [5.41, 5.74) is 4.58. The Hall–Kier alpha value is -3.44. The molecule has 11 heteroatoms. The Morgan fingerprint density at radius 1 is 1.28 bits per heavy atom. The van der Waals surface area contributed by atoms with Gasteiger partial charge in [0.1, 0.15) is 18.6 Å². The topological polar surface area (TPSA) is 79.7 Å². The van der Waals surface area contributed by atoms with Gasteiger partial charge in [0.2, 0.25) is 5.91 Å². The van der Waals surface area contributed by atoms with Gasteiger partial charge in [-0.15, -0.1) is 0 Å². The molecule has 1 unspecified atom stereocenters. The van der Waals surface area contributed by atoms with Gasteiger partial charge in [-0.05, 0) is 43.0 Å². The smallest absolute Gasteiger partial charge is 0.361 e. The molecule has 0 aliphatic carbocycles. The molecule has 3 aromatic rings. The Bertz CT molecular complexity index is 1380. The summed E-state index contributed by atoms with van der Waals surface area (Å²) in [5.74, 6) is 0.130. The van der Waals surface area contributed by atoms with E-state index < -0.39 is 18.3 Å². The van der Waals surface area contributed by atoms with Crippen molar-refractivity contribution in [1.29, 1.82) is 0 Å². The molecule has 2 aromatic heterocycles. The van der Waals surface area contributed by atoms with Crippen LogP contribution in [0.5, 0.6) is 0 Å². The molecule has 36 heavy (non-hydrogen) atoms. The lowest BCUT2D eigenvalue weighted by molar-refractivity contribution is -0.140. The van der Waals surface area contributed by atoms with Crippen molar-refractivity contribution < 1.29 is 22.7 Å². The van der Waals surface area contributed by atoms with Crippen molar-refractivity contribution in [3.05, 3.63) is 52.4 Å². The molecule has 1 fully saturated rings. The Morgan fingerprint density at radius 3 is 2.78 bits per heavy atom. The number of carbonyl (C=O) groups is 1. The highest BCUT2D eigenvalue weighted by molar-refractivity contribution is 5.99. The second-order valence-electron chi connectivity index (χ2n) is 9.11. The molecule has 1 atom stereocenters. The number of rotatable bonds is 4. The molecule has 4 heterocycles. The summed E-state index contributed by atoms with van der Waals surface area (Å²) in [6.07, 6.45) is -0.602. The van der Waals surface area contributed by atoms with Gasteiger partial charge in [-0.1, -0.05) is 12.1 Å². The van der Waals surface area contributed by atoms with E-state index in [4.69, 9.17) is 4.74 Å². The molecule has 190 valence electrons. The molecule has 0 spiro atoms. The number of aromatic nitrogens is 2. The molecule has 2 aliphatic rings. The van der Waals surface area contributed by atoms with Gasteiger partial charge in [0.25, 0.3) is 5.56 Å². The Labute approximate surface area is 205 Å². The number of benzene rings is 1. The molecule has 1 amide bonds. The molecule has 5 rings (SSSR count). The first-order chi connectivity index (χ1) is 17.1. The van der Waals surface area contributed by atoms with Gasteiger partial charge in [-0.3, -0.25) is 19.1 Å². The maximum Gasteiger partial charge on any atom is 0.406 e. The predicted octanol–water partition coefficient (Wildman–Crippen LogP) is 4.28. The molecule has 8 nitrogen and oxygen atoms in total. The van der Waals surface area contributed by atoms with Gasteiger partial charge in [-0.2, -0.15) is 18.2 Å². The number of alkyl halides is 3. The number of amides is 1. The van der Waals surface area contributed by atoms with E-state index in [9.17, 15) is 22.8 Å². The first kappa shape index (κ1) is 24.3. The second-order valence-corrected chi connectivity index (χ2v) is 9.11. The molecule has 1 aromatic carbocycles. The van der Waals surface area contributed by atoms with Crippen molar-refractivity contribution in [2.24, 2.45) is 0 Å². The van der Waals surface area contributed by atoms with E-state index >= 15 is 0 Å². The van der Waals surface area contributed by atoms with Crippen LogP contribution in [0.2, 0.25) is 0 Å². The maximum absolute atomic E-state index is 13.6. The van der Waals surface area contributed by atoms with Crippen molar-refractivity contribution in [1.82, 2.24) is 14.6 Å². The predicted molar refractivity (Wildman–Crippen MR) is 129 cm³/mol. The van der Waals surface area contributed by atoms with E-state index in [0.29, 0.717) is 34.6 Å². The Morgan fingerprint density at radius 2 is 2.08 bits per heavy atom. The van der Waals surface area contributed by atoms with E-state index in [1.54, 1.807) is 42.4 Å². The van der Waals surface area contributed by atoms with E-state index in [-0.39, 0.29) is 29.8 Å². The summed E-state index contributed by atoms with van der Waals surface area (Å²) in [4.78, 5) is 31.0. The van der Waals surface area contributed by atoms with Gasteiger partial charge in [-0.25, -0.2) is 4.98 Å². The fourth-order valence-corrected chi connectivity index (χ4v) is 4.82. The SMILES string of the molecule is CC(=O)N(C)c1ncccc1-c1ccc2c3c(c(=O)n(CC(F)(F)F)c2c1)CN(C1CCCCO1)N3. The standard InChI is InChI=1S/C25H26F3N5O3/c1-15(34)31(2)23-17(6-5-10-29-23)16-8-9-18-20(12-16)32(14-25(26,27)28)24(35)19-13-33(30-22(18)19)21-7-3-4-11-36-21/h5-6,8-10,12,21,30H,3-4,7,11,13-14H2,1-2H3. The normalized spacial score (nSPS) is 18.2. The minimum Gasteiger partial charge on any atom is -0.361 e. The Kier molecular flexibility index (Phi) is 6.21. The number of hydrogen-bond acceptors (Lipinski definition) is 6. The van der Waals surface area contributed by atoms with Crippen LogP contribution in [-0.4, -0.2) is 46.5 Å². The molecule has 1 N–H and O–H groups in total. The van der Waals surface area contributed by atoms with Gasteiger partial charge in [0.15, 0.2) is 0 Å². The number of fused-ring (bicyclic) bond motifs is 3. The van der Waals surface area contributed by atoms with Crippen molar-refractivity contribution in [2.45, 2.75) is 51.7 Å².